The molecular weight excluding hydrogens is 300 g/mol. The van der Waals surface area contributed by atoms with Crippen LogP contribution in [0.15, 0.2) is 24.5 Å². The Balaban J connectivity index is 2.00. The van der Waals surface area contributed by atoms with Crippen LogP contribution in [-0.4, -0.2) is 39.5 Å². The van der Waals surface area contributed by atoms with Crippen molar-refractivity contribution in [2.24, 2.45) is 7.05 Å². The van der Waals surface area contributed by atoms with Crippen LogP contribution in [0.25, 0.3) is 0 Å². The first-order valence-corrected chi connectivity index (χ1v) is 7.37. The van der Waals surface area contributed by atoms with Gasteiger partial charge in [0.1, 0.15) is 17.9 Å². The third-order valence-electron chi connectivity index (χ3n) is 4.08. The van der Waals surface area contributed by atoms with Crippen molar-refractivity contribution in [3.63, 3.8) is 0 Å². The first kappa shape index (κ1) is 15.4. The summed E-state index contributed by atoms with van der Waals surface area (Å²) in [6, 6.07) is 4.90. The van der Waals surface area contributed by atoms with Crippen molar-refractivity contribution in [1.82, 2.24) is 14.8 Å². The van der Waals surface area contributed by atoms with Crippen LogP contribution in [0.2, 0.25) is 0 Å². The van der Waals surface area contributed by atoms with Crippen LogP contribution in [0.5, 0.6) is 5.75 Å². The Morgan fingerprint density at radius 2 is 2.22 bits per heavy atom. The van der Waals surface area contributed by atoms with E-state index in [4.69, 9.17) is 9.47 Å². The van der Waals surface area contributed by atoms with Crippen molar-refractivity contribution in [3.8, 4) is 5.75 Å². The third kappa shape index (κ3) is 2.89. The fraction of sp³-hybridized carbons (Fsp3) is 0.467. The molecule has 1 aromatic heterocycles. The molecule has 2 heterocycles. The van der Waals surface area contributed by atoms with Crippen LogP contribution in [0, 0.1) is 10.1 Å². The summed E-state index contributed by atoms with van der Waals surface area (Å²) in [6.07, 6.45) is 2.25. The van der Waals surface area contributed by atoms with Gasteiger partial charge in [0.25, 0.3) is 5.69 Å². The second-order valence-electron chi connectivity index (χ2n) is 5.71. The average molecular weight is 318 g/mol. The second-order valence-corrected chi connectivity index (χ2v) is 5.71. The lowest BCUT2D eigenvalue weighted by Crippen LogP contribution is -2.49. The minimum Gasteiger partial charge on any atom is -0.494 e. The van der Waals surface area contributed by atoms with Crippen molar-refractivity contribution in [2.45, 2.75) is 18.8 Å². The van der Waals surface area contributed by atoms with Gasteiger partial charge in [-0.15, -0.1) is 10.2 Å². The number of nitro benzene ring substituents is 1. The highest BCUT2D eigenvalue weighted by Crippen LogP contribution is 2.39. The van der Waals surface area contributed by atoms with E-state index >= 15 is 0 Å². The molecule has 122 valence electrons. The highest BCUT2D eigenvalue weighted by Gasteiger charge is 2.42. The fourth-order valence-corrected chi connectivity index (χ4v) is 2.73. The summed E-state index contributed by atoms with van der Waals surface area (Å²) in [6.45, 7) is 3.28. The lowest BCUT2D eigenvalue weighted by molar-refractivity contribution is -0.385. The predicted octanol–water partition coefficient (Wildman–Crippen LogP) is 1.63. The Bertz CT molecular complexity index is 724. The summed E-state index contributed by atoms with van der Waals surface area (Å²) in [5.74, 6) is 1.32. The van der Waals surface area contributed by atoms with E-state index in [1.165, 1.54) is 6.07 Å². The lowest BCUT2D eigenvalue weighted by atomic mass is 9.75. The van der Waals surface area contributed by atoms with Crippen LogP contribution < -0.4 is 4.74 Å². The summed E-state index contributed by atoms with van der Waals surface area (Å²) in [5, 5.41) is 19.2. The van der Waals surface area contributed by atoms with Crippen LogP contribution in [0.1, 0.15) is 18.3 Å². The zero-order valence-electron chi connectivity index (χ0n) is 13.1. The van der Waals surface area contributed by atoms with Gasteiger partial charge in [0.2, 0.25) is 0 Å². The Morgan fingerprint density at radius 3 is 2.74 bits per heavy atom. The first-order chi connectivity index (χ1) is 11.0. The van der Waals surface area contributed by atoms with Gasteiger partial charge in [-0.25, -0.2) is 0 Å². The monoisotopic (exact) mass is 318 g/mol. The molecule has 1 aromatic carbocycles. The summed E-state index contributed by atoms with van der Waals surface area (Å²) >= 11 is 0. The maximum Gasteiger partial charge on any atom is 0.273 e. The molecule has 0 unspecified atom stereocenters. The highest BCUT2D eigenvalue weighted by atomic mass is 16.6. The maximum absolute atomic E-state index is 11.2. The number of nitrogens with zero attached hydrogens (tertiary/aromatic N) is 4. The Morgan fingerprint density at radius 1 is 1.43 bits per heavy atom. The van der Waals surface area contributed by atoms with Crippen molar-refractivity contribution < 1.29 is 14.4 Å². The average Bonchev–Trinajstić information content (AvgIpc) is 2.88. The van der Waals surface area contributed by atoms with Gasteiger partial charge in [-0.3, -0.25) is 10.1 Å². The standard InChI is InChI=1S/C15H18N4O4/c1-3-23-13-5-11(4-12(6-13)19(20)21)15(8-22-9-15)7-14-17-16-10-18(14)2/h4-6,10H,3,7-9H2,1-2H3. The Labute approximate surface area is 133 Å². The highest BCUT2D eigenvalue weighted by molar-refractivity contribution is 5.47. The van der Waals surface area contributed by atoms with E-state index in [0.717, 1.165) is 11.4 Å². The zero-order chi connectivity index (χ0) is 16.4. The molecule has 0 N–H and O–H groups in total. The molecule has 0 bridgehead atoms. The molecule has 3 rings (SSSR count). The van der Waals surface area contributed by atoms with E-state index in [1.54, 1.807) is 12.4 Å². The molecule has 0 spiro atoms. The number of benzene rings is 1. The number of hydrogen-bond donors (Lipinski definition) is 0. The molecule has 0 amide bonds. The van der Waals surface area contributed by atoms with E-state index in [9.17, 15) is 10.1 Å². The number of rotatable bonds is 6. The van der Waals surface area contributed by atoms with Gasteiger partial charge >= 0.3 is 0 Å². The Kier molecular flexibility index (Phi) is 3.99. The fourth-order valence-electron chi connectivity index (χ4n) is 2.73. The Hall–Kier alpha value is -2.48. The molecule has 1 aliphatic rings. The zero-order valence-corrected chi connectivity index (χ0v) is 13.1. The van der Waals surface area contributed by atoms with E-state index in [1.807, 2.05) is 24.6 Å². The third-order valence-corrected chi connectivity index (χ3v) is 4.08. The van der Waals surface area contributed by atoms with Crippen LogP contribution >= 0.6 is 0 Å². The molecule has 0 saturated carbocycles. The molecule has 8 heteroatoms. The van der Waals surface area contributed by atoms with Crippen molar-refractivity contribution in [3.05, 3.63) is 46.0 Å². The van der Waals surface area contributed by atoms with Gasteiger partial charge < -0.3 is 14.0 Å². The summed E-state index contributed by atoms with van der Waals surface area (Å²) in [4.78, 5) is 10.8. The minimum atomic E-state index is -0.401. The molecule has 2 aromatic rings. The quantitative estimate of drug-likeness (QED) is 0.594. The van der Waals surface area contributed by atoms with Gasteiger partial charge in [-0.1, -0.05) is 0 Å². The largest absolute Gasteiger partial charge is 0.494 e. The molecule has 0 aliphatic carbocycles. The van der Waals surface area contributed by atoms with E-state index in [-0.39, 0.29) is 11.1 Å². The van der Waals surface area contributed by atoms with Crippen LogP contribution in [0.3, 0.4) is 0 Å². The van der Waals surface area contributed by atoms with Gasteiger partial charge in [-0.2, -0.15) is 0 Å². The molecule has 1 fully saturated rings. The molecule has 1 aliphatic heterocycles. The van der Waals surface area contributed by atoms with Gasteiger partial charge in [-0.05, 0) is 18.6 Å². The smallest absolute Gasteiger partial charge is 0.273 e. The van der Waals surface area contributed by atoms with Crippen molar-refractivity contribution in [2.75, 3.05) is 19.8 Å². The molecular formula is C15H18N4O4. The van der Waals surface area contributed by atoms with E-state index in [0.29, 0.717) is 32.0 Å². The van der Waals surface area contributed by atoms with Gasteiger partial charge in [0.15, 0.2) is 0 Å². The van der Waals surface area contributed by atoms with Crippen molar-refractivity contribution >= 4 is 5.69 Å². The van der Waals surface area contributed by atoms with Gasteiger partial charge in [0, 0.05) is 24.9 Å². The topological polar surface area (TPSA) is 92.3 Å². The van der Waals surface area contributed by atoms with Crippen LogP contribution in [-0.2, 0) is 23.6 Å². The molecule has 0 radical (unpaired) electrons. The van der Waals surface area contributed by atoms with E-state index in [2.05, 4.69) is 10.2 Å². The van der Waals surface area contributed by atoms with Crippen molar-refractivity contribution in [1.29, 1.82) is 0 Å². The molecule has 1 saturated heterocycles. The normalized spacial score (nSPS) is 15.9. The van der Waals surface area contributed by atoms with Crippen LogP contribution in [0.4, 0.5) is 5.69 Å². The molecule has 0 atom stereocenters. The SMILES string of the molecule is CCOc1cc([N+](=O)[O-])cc(C2(Cc3nncn3C)COC2)c1. The number of aromatic nitrogens is 3. The number of non-ortho nitro benzene ring substituents is 1. The van der Waals surface area contributed by atoms with E-state index < -0.39 is 4.92 Å². The number of nitro groups is 1. The number of ether oxygens (including phenoxy) is 2. The number of aryl methyl sites for hydroxylation is 1. The summed E-state index contributed by atoms with van der Waals surface area (Å²) in [5.41, 5.74) is 0.526. The lowest BCUT2D eigenvalue weighted by Gasteiger charge is -2.41. The first-order valence-electron chi connectivity index (χ1n) is 7.37. The molecule has 8 nitrogen and oxygen atoms in total. The second kappa shape index (κ2) is 5.96. The number of hydrogen-bond acceptors (Lipinski definition) is 6. The van der Waals surface area contributed by atoms with Gasteiger partial charge in [0.05, 0.1) is 30.8 Å². The minimum absolute atomic E-state index is 0.0233. The maximum atomic E-state index is 11.2. The summed E-state index contributed by atoms with van der Waals surface area (Å²) < 4.78 is 12.7. The molecule has 23 heavy (non-hydrogen) atoms. The predicted molar refractivity (Wildman–Crippen MR) is 81.5 cm³/mol. The summed E-state index contributed by atoms with van der Waals surface area (Å²) in [7, 11) is 1.88.